The number of aryl methyl sites for hydroxylation is 3. The van der Waals surface area contributed by atoms with Gasteiger partial charge in [0.15, 0.2) is 0 Å². The van der Waals surface area contributed by atoms with Gasteiger partial charge in [-0.2, -0.15) is 0 Å². The van der Waals surface area contributed by atoms with Gasteiger partial charge in [-0.3, -0.25) is 4.68 Å². The van der Waals surface area contributed by atoms with Gasteiger partial charge in [-0.15, -0.1) is 5.10 Å². The largest absolute Gasteiger partial charge is 0.490 e. The highest BCUT2D eigenvalue weighted by molar-refractivity contribution is 5.86. The predicted molar refractivity (Wildman–Crippen MR) is 101 cm³/mol. The van der Waals surface area contributed by atoms with Gasteiger partial charge in [0.2, 0.25) is 5.88 Å². The summed E-state index contributed by atoms with van der Waals surface area (Å²) in [6, 6.07) is 7.87. The van der Waals surface area contributed by atoms with Crippen molar-refractivity contribution in [2.75, 3.05) is 13.2 Å². The highest BCUT2D eigenvalue weighted by Gasteiger charge is 2.10. The number of fused-ring (bicyclic) bond motifs is 1. The Balaban J connectivity index is 1.60. The molecule has 3 rings (SSSR count). The van der Waals surface area contributed by atoms with Crippen LogP contribution in [-0.2, 0) is 18.3 Å². The molecule has 0 atom stereocenters. The van der Waals surface area contributed by atoms with Crippen LogP contribution in [0.5, 0.6) is 11.6 Å². The quantitative estimate of drug-likeness (QED) is 0.596. The number of carbonyl (C=O) groups excluding carboxylic acids is 1. The molecule has 0 saturated heterocycles. The van der Waals surface area contributed by atoms with E-state index in [0.717, 1.165) is 35.2 Å². The molecule has 0 bridgehead atoms. The average Bonchev–Trinajstić information content (AvgIpc) is 3.14. The number of Topliss-reactive ketones (excluding diaryl/α,β-unsaturated/α-hetero) is 1. The van der Waals surface area contributed by atoms with Gasteiger partial charge in [0.25, 0.3) is 0 Å². The first-order valence-electron chi connectivity index (χ1n) is 8.89. The van der Waals surface area contributed by atoms with Crippen molar-refractivity contribution in [1.82, 2.24) is 14.8 Å². The van der Waals surface area contributed by atoms with Crippen LogP contribution >= 0.6 is 0 Å². The van der Waals surface area contributed by atoms with E-state index in [1.807, 2.05) is 31.4 Å². The first-order chi connectivity index (χ1) is 12.5. The standard InChI is InChI=1S/C20H25N3O3/c1-14(24)5-4-6-17-15(2)21-19-8-7-16(13-18(17)19)25-11-12-26-20-9-10-23(3)22-20/h7-10,13,21H,4-6,11-12H2,1-3H3. The van der Waals surface area contributed by atoms with E-state index in [9.17, 15) is 4.79 Å². The van der Waals surface area contributed by atoms with Crippen LogP contribution in [-0.4, -0.2) is 33.8 Å². The Morgan fingerprint density at radius 2 is 2.04 bits per heavy atom. The van der Waals surface area contributed by atoms with E-state index in [1.165, 1.54) is 5.56 Å². The molecule has 3 aromatic rings. The Kier molecular flexibility index (Phi) is 5.61. The van der Waals surface area contributed by atoms with E-state index >= 15 is 0 Å². The number of hydrogen-bond donors (Lipinski definition) is 1. The summed E-state index contributed by atoms with van der Waals surface area (Å²) in [5, 5.41) is 5.32. The number of benzene rings is 1. The molecule has 0 fully saturated rings. The Labute approximate surface area is 153 Å². The Bertz CT molecular complexity index is 895. The molecule has 0 spiro atoms. The van der Waals surface area contributed by atoms with Crippen LogP contribution in [0.2, 0.25) is 0 Å². The highest BCUT2D eigenvalue weighted by Crippen LogP contribution is 2.27. The molecule has 0 aliphatic rings. The van der Waals surface area contributed by atoms with Crippen molar-refractivity contribution in [2.45, 2.75) is 33.1 Å². The molecule has 2 heterocycles. The molecular weight excluding hydrogens is 330 g/mol. The lowest BCUT2D eigenvalue weighted by atomic mass is 10.0. The number of aromatic nitrogens is 3. The fraction of sp³-hybridized carbons (Fsp3) is 0.400. The Hall–Kier alpha value is -2.76. The fourth-order valence-corrected chi connectivity index (χ4v) is 3.06. The van der Waals surface area contributed by atoms with Gasteiger partial charge < -0.3 is 19.3 Å². The van der Waals surface area contributed by atoms with Gasteiger partial charge >= 0.3 is 0 Å². The van der Waals surface area contributed by atoms with Crippen LogP contribution in [0.4, 0.5) is 0 Å². The third-order valence-corrected chi connectivity index (χ3v) is 4.34. The van der Waals surface area contributed by atoms with Crippen LogP contribution < -0.4 is 9.47 Å². The number of ketones is 1. The molecule has 6 heteroatoms. The fourth-order valence-electron chi connectivity index (χ4n) is 3.06. The molecule has 0 aliphatic heterocycles. The van der Waals surface area contributed by atoms with Crippen LogP contribution in [0.25, 0.3) is 10.9 Å². The summed E-state index contributed by atoms with van der Waals surface area (Å²) in [5.41, 5.74) is 3.51. The number of aromatic amines is 1. The molecule has 0 unspecified atom stereocenters. The number of H-pyrrole nitrogens is 1. The molecule has 0 radical (unpaired) electrons. The van der Waals surface area contributed by atoms with Crippen molar-refractivity contribution < 1.29 is 14.3 Å². The second kappa shape index (κ2) is 8.08. The maximum atomic E-state index is 11.2. The first-order valence-corrected chi connectivity index (χ1v) is 8.89. The number of nitrogens with zero attached hydrogens (tertiary/aromatic N) is 2. The van der Waals surface area contributed by atoms with Gasteiger partial charge in [-0.25, -0.2) is 0 Å². The maximum Gasteiger partial charge on any atom is 0.232 e. The molecular formula is C20H25N3O3. The maximum absolute atomic E-state index is 11.2. The van der Waals surface area contributed by atoms with Crippen molar-refractivity contribution in [2.24, 2.45) is 7.05 Å². The third kappa shape index (κ3) is 4.45. The lowest BCUT2D eigenvalue weighted by Crippen LogP contribution is -2.09. The van der Waals surface area contributed by atoms with E-state index in [0.29, 0.717) is 25.5 Å². The lowest BCUT2D eigenvalue weighted by Gasteiger charge is -2.07. The van der Waals surface area contributed by atoms with Crippen molar-refractivity contribution in [3.63, 3.8) is 0 Å². The van der Waals surface area contributed by atoms with Gasteiger partial charge in [0, 0.05) is 42.3 Å². The summed E-state index contributed by atoms with van der Waals surface area (Å²) < 4.78 is 13.1. The zero-order valence-corrected chi connectivity index (χ0v) is 15.5. The second-order valence-corrected chi connectivity index (χ2v) is 6.52. The minimum Gasteiger partial charge on any atom is -0.490 e. The summed E-state index contributed by atoms with van der Waals surface area (Å²) in [7, 11) is 1.85. The van der Waals surface area contributed by atoms with Gasteiger partial charge in [-0.1, -0.05) is 0 Å². The first kappa shape index (κ1) is 18.0. The second-order valence-electron chi connectivity index (χ2n) is 6.52. The normalized spacial score (nSPS) is 11.0. The molecule has 6 nitrogen and oxygen atoms in total. The molecule has 0 saturated carbocycles. The number of rotatable bonds is 9. The van der Waals surface area contributed by atoms with Crippen LogP contribution in [0, 0.1) is 6.92 Å². The predicted octanol–water partition coefficient (Wildman–Crippen LogP) is 3.58. The lowest BCUT2D eigenvalue weighted by molar-refractivity contribution is -0.117. The smallest absolute Gasteiger partial charge is 0.232 e. The van der Waals surface area contributed by atoms with Crippen LogP contribution in [0.15, 0.2) is 30.5 Å². The highest BCUT2D eigenvalue weighted by atomic mass is 16.5. The van der Waals surface area contributed by atoms with Crippen molar-refractivity contribution in [1.29, 1.82) is 0 Å². The molecule has 138 valence electrons. The number of ether oxygens (including phenoxy) is 2. The Morgan fingerprint density at radius 3 is 2.77 bits per heavy atom. The summed E-state index contributed by atoms with van der Waals surface area (Å²) in [4.78, 5) is 14.6. The summed E-state index contributed by atoms with van der Waals surface area (Å²) >= 11 is 0. The zero-order chi connectivity index (χ0) is 18.5. The minimum atomic E-state index is 0.236. The van der Waals surface area contributed by atoms with Crippen molar-refractivity contribution >= 4 is 16.7 Å². The van der Waals surface area contributed by atoms with Crippen molar-refractivity contribution in [3.05, 3.63) is 41.7 Å². The molecule has 2 aromatic heterocycles. The third-order valence-electron chi connectivity index (χ3n) is 4.34. The summed E-state index contributed by atoms with van der Waals surface area (Å²) in [5.74, 6) is 1.65. The number of hydrogen-bond acceptors (Lipinski definition) is 4. The van der Waals surface area contributed by atoms with Gasteiger partial charge in [0.05, 0.1) is 0 Å². The summed E-state index contributed by atoms with van der Waals surface area (Å²) in [6.45, 7) is 4.60. The van der Waals surface area contributed by atoms with Crippen molar-refractivity contribution in [3.8, 4) is 11.6 Å². The minimum absolute atomic E-state index is 0.236. The van der Waals surface area contributed by atoms with Crippen LogP contribution in [0.1, 0.15) is 31.0 Å². The van der Waals surface area contributed by atoms with E-state index in [-0.39, 0.29) is 5.78 Å². The topological polar surface area (TPSA) is 69.1 Å². The molecule has 1 aromatic carbocycles. The molecule has 0 amide bonds. The number of nitrogens with one attached hydrogen (secondary N) is 1. The summed E-state index contributed by atoms with van der Waals surface area (Å²) in [6.07, 6.45) is 4.21. The molecule has 1 N–H and O–H groups in total. The van der Waals surface area contributed by atoms with E-state index < -0.39 is 0 Å². The monoisotopic (exact) mass is 355 g/mol. The number of carbonyl (C=O) groups is 1. The molecule has 0 aliphatic carbocycles. The Morgan fingerprint density at radius 1 is 1.23 bits per heavy atom. The zero-order valence-electron chi connectivity index (χ0n) is 15.5. The van der Waals surface area contributed by atoms with E-state index in [2.05, 4.69) is 23.1 Å². The van der Waals surface area contributed by atoms with Crippen LogP contribution in [0.3, 0.4) is 0 Å². The SMILES string of the molecule is CC(=O)CCCc1c(C)[nH]c2ccc(OCCOc3ccn(C)n3)cc12. The van der Waals surface area contributed by atoms with Gasteiger partial charge in [0.1, 0.15) is 24.7 Å². The molecule has 26 heavy (non-hydrogen) atoms. The van der Waals surface area contributed by atoms with E-state index in [1.54, 1.807) is 11.6 Å². The van der Waals surface area contributed by atoms with E-state index in [4.69, 9.17) is 9.47 Å². The van der Waals surface area contributed by atoms with Gasteiger partial charge in [-0.05, 0) is 50.5 Å². The average molecular weight is 355 g/mol.